The molecular formula is C14H22N2O. The summed E-state index contributed by atoms with van der Waals surface area (Å²) in [6, 6.07) is 2.20. The van der Waals surface area contributed by atoms with Crippen LogP contribution in [0.5, 0.6) is 0 Å². The van der Waals surface area contributed by atoms with Crippen molar-refractivity contribution in [1.82, 2.24) is 5.32 Å². The minimum Gasteiger partial charge on any atom is -0.354 e. The van der Waals surface area contributed by atoms with E-state index in [2.05, 4.69) is 18.3 Å². The summed E-state index contributed by atoms with van der Waals surface area (Å²) >= 11 is 0. The van der Waals surface area contributed by atoms with Crippen molar-refractivity contribution in [2.24, 2.45) is 17.3 Å². The minimum atomic E-state index is -0.683. The van der Waals surface area contributed by atoms with Crippen LogP contribution in [-0.2, 0) is 4.79 Å². The van der Waals surface area contributed by atoms with Crippen LogP contribution < -0.4 is 5.32 Å². The van der Waals surface area contributed by atoms with E-state index in [1.165, 1.54) is 25.7 Å². The SMILES string of the molecule is CC1CCCCC1CNC(=O)C1(C#N)CCC1. The van der Waals surface area contributed by atoms with Gasteiger partial charge in [-0.15, -0.1) is 0 Å². The molecule has 3 heteroatoms. The molecular weight excluding hydrogens is 212 g/mol. The first-order valence-corrected chi connectivity index (χ1v) is 6.87. The van der Waals surface area contributed by atoms with Gasteiger partial charge in [0.15, 0.2) is 0 Å². The number of rotatable bonds is 3. The van der Waals surface area contributed by atoms with Crippen LogP contribution in [-0.4, -0.2) is 12.5 Å². The normalized spacial score (nSPS) is 31.1. The molecule has 0 aliphatic heterocycles. The second kappa shape index (κ2) is 5.08. The van der Waals surface area contributed by atoms with Gasteiger partial charge in [-0.3, -0.25) is 4.79 Å². The summed E-state index contributed by atoms with van der Waals surface area (Å²) in [6.07, 6.45) is 7.62. The van der Waals surface area contributed by atoms with Crippen LogP contribution in [0.2, 0.25) is 0 Å². The number of hydrogen-bond donors (Lipinski definition) is 1. The highest BCUT2D eigenvalue weighted by Gasteiger charge is 2.44. The van der Waals surface area contributed by atoms with Gasteiger partial charge in [0.05, 0.1) is 6.07 Å². The van der Waals surface area contributed by atoms with Gasteiger partial charge in [0.2, 0.25) is 5.91 Å². The van der Waals surface area contributed by atoms with E-state index in [0.717, 1.165) is 25.8 Å². The van der Waals surface area contributed by atoms with E-state index in [4.69, 9.17) is 5.26 Å². The van der Waals surface area contributed by atoms with Crippen molar-refractivity contribution in [3.63, 3.8) is 0 Å². The second-order valence-electron chi connectivity index (χ2n) is 5.78. The number of hydrogen-bond acceptors (Lipinski definition) is 2. The maximum atomic E-state index is 12.0. The molecule has 0 saturated heterocycles. The fraction of sp³-hybridized carbons (Fsp3) is 0.857. The second-order valence-corrected chi connectivity index (χ2v) is 5.78. The zero-order valence-electron chi connectivity index (χ0n) is 10.7. The minimum absolute atomic E-state index is 0.0241. The maximum absolute atomic E-state index is 12.0. The molecule has 17 heavy (non-hydrogen) atoms. The Hall–Kier alpha value is -1.04. The van der Waals surface area contributed by atoms with Crippen LogP contribution >= 0.6 is 0 Å². The van der Waals surface area contributed by atoms with Gasteiger partial charge >= 0.3 is 0 Å². The first kappa shape index (κ1) is 12.4. The van der Waals surface area contributed by atoms with E-state index in [-0.39, 0.29) is 5.91 Å². The number of nitrogens with zero attached hydrogens (tertiary/aromatic N) is 1. The largest absolute Gasteiger partial charge is 0.354 e. The van der Waals surface area contributed by atoms with Crippen molar-refractivity contribution in [1.29, 1.82) is 5.26 Å². The molecule has 2 aliphatic rings. The van der Waals surface area contributed by atoms with E-state index in [1.54, 1.807) is 0 Å². The molecule has 1 N–H and O–H groups in total. The Bertz CT molecular complexity index is 328. The van der Waals surface area contributed by atoms with E-state index >= 15 is 0 Å². The average molecular weight is 234 g/mol. The van der Waals surface area contributed by atoms with Crippen molar-refractivity contribution >= 4 is 5.91 Å². The summed E-state index contributed by atoms with van der Waals surface area (Å²) in [6.45, 7) is 3.04. The summed E-state index contributed by atoms with van der Waals surface area (Å²) in [5.41, 5.74) is -0.683. The third-order valence-corrected chi connectivity index (χ3v) is 4.67. The molecule has 0 aromatic rings. The van der Waals surface area contributed by atoms with Crippen molar-refractivity contribution in [2.45, 2.75) is 51.9 Å². The lowest BCUT2D eigenvalue weighted by molar-refractivity contribution is -0.132. The molecule has 2 fully saturated rings. The summed E-state index contributed by atoms with van der Waals surface area (Å²) < 4.78 is 0. The monoisotopic (exact) mass is 234 g/mol. The molecule has 94 valence electrons. The predicted molar refractivity (Wildman–Crippen MR) is 66.0 cm³/mol. The van der Waals surface area contributed by atoms with Crippen LogP contribution in [0.3, 0.4) is 0 Å². The van der Waals surface area contributed by atoms with Gasteiger partial charge in [-0.1, -0.05) is 26.2 Å². The zero-order valence-corrected chi connectivity index (χ0v) is 10.7. The molecule has 2 aliphatic carbocycles. The van der Waals surface area contributed by atoms with Crippen LogP contribution in [0.25, 0.3) is 0 Å². The number of nitriles is 1. The topological polar surface area (TPSA) is 52.9 Å². The highest BCUT2D eigenvalue weighted by Crippen LogP contribution is 2.40. The molecule has 1 amide bonds. The Morgan fingerprint density at radius 2 is 2.06 bits per heavy atom. The first-order valence-electron chi connectivity index (χ1n) is 6.87. The smallest absolute Gasteiger partial charge is 0.240 e. The van der Waals surface area contributed by atoms with Gasteiger partial charge in [-0.2, -0.15) is 5.26 Å². The molecule has 2 rings (SSSR count). The Morgan fingerprint density at radius 3 is 2.59 bits per heavy atom. The molecule has 0 aromatic carbocycles. The quantitative estimate of drug-likeness (QED) is 0.816. The van der Waals surface area contributed by atoms with Crippen LogP contribution in [0.4, 0.5) is 0 Å². The molecule has 0 heterocycles. The van der Waals surface area contributed by atoms with Crippen LogP contribution in [0.15, 0.2) is 0 Å². The summed E-state index contributed by atoms with van der Waals surface area (Å²) in [5.74, 6) is 1.30. The zero-order chi connectivity index (χ0) is 12.3. The Labute approximate surface area is 104 Å². The summed E-state index contributed by atoms with van der Waals surface area (Å²) in [4.78, 5) is 12.0. The molecule has 0 spiro atoms. The predicted octanol–water partition coefficient (Wildman–Crippen LogP) is 2.62. The lowest BCUT2D eigenvalue weighted by Crippen LogP contribution is -2.46. The first-order chi connectivity index (χ1) is 8.18. The van der Waals surface area contributed by atoms with E-state index in [9.17, 15) is 4.79 Å². The van der Waals surface area contributed by atoms with Crippen LogP contribution in [0.1, 0.15) is 51.9 Å². The van der Waals surface area contributed by atoms with Gasteiger partial charge in [0.1, 0.15) is 5.41 Å². The van der Waals surface area contributed by atoms with Crippen molar-refractivity contribution in [3.05, 3.63) is 0 Å². The average Bonchev–Trinajstić information content (AvgIpc) is 2.27. The van der Waals surface area contributed by atoms with Gasteiger partial charge < -0.3 is 5.32 Å². The fourth-order valence-corrected chi connectivity index (χ4v) is 3.01. The van der Waals surface area contributed by atoms with E-state index < -0.39 is 5.41 Å². The molecule has 0 bridgehead atoms. The van der Waals surface area contributed by atoms with Crippen molar-refractivity contribution < 1.29 is 4.79 Å². The Morgan fingerprint density at radius 1 is 1.35 bits per heavy atom. The third kappa shape index (κ3) is 2.46. The summed E-state index contributed by atoms with van der Waals surface area (Å²) in [7, 11) is 0. The summed E-state index contributed by atoms with van der Waals surface area (Å²) in [5, 5.41) is 12.1. The van der Waals surface area contributed by atoms with Gasteiger partial charge in [-0.05, 0) is 37.5 Å². The van der Waals surface area contributed by atoms with Crippen molar-refractivity contribution in [3.8, 4) is 6.07 Å². The van der Waals surface area contributed by atoms with Gasteiger partial charge in [0, 0.05) is 6.54 Å². The molecule has 2 unspecified atom stereocenters. The van der Waals surface area contributed by atoms with Crippen molar-refractivity contribution in [2.75, 3.05) is 6.54 Å². The lowest BCUT2D eigenvalue weighted by Gasteiger charge is -2.35. The molecule has 0 radical (unpaired) electrons. The number of nitrogens with one attached hydrogen (secondary N) is 1. The van der Waals surface area contributed by atoms with Crippen LogP contribution in [0, 0.1) is 28.6 Å². The maximum Gasteiger partial charge on any atom is 0.240 e. The fourth-order valence-electron chi connectivity index (χ4n) is 3.01. The van der Waals surface area contributed by atoms with E-state index in [0.29, 0.717) is 11.8 Å². The highest BCUT2D eigenvalue weighted by molar-refractivity contribution is 5.86. The van der Waals surface area contributed by atoms with Gasteiger partial charge in [0.25, 0.3) is 0 Å². The standard InChI is InChI=1S/C14H22N2O/c1-11-5-2-3-6-12(11)9-16-13(17)14(10-15)7-4-8-14/h11-12H,2-9H2,1H3,(H,16,17). The van der Waals surface area contributed by atoms with Gasteiger partial charge in [-0.25, -0.2) is 0 Å². The highest BCUT2D eigenvalue weighted by atomic mass is 16.2. The number of carbonyl (C=O) groups excluding carboxylic acids is 1. The third-order valence-electron chi connectivity index (χ3n) is 4.67. The molecule has 2 saturated carbocycles. The Balaban J connectivity index is 1.81. The number of carbonyl (C=O) groups is 1. The lowest BCUT2D eigenvalue weighted by atomic mass is 9.69. The van der Waals surface area contributed by atoms with E-state index in [1.807, 2.05) is 0 Å². The molecule has 3 nitrogen and oxygen atoms in total. The Kier molecular flexibility index (Phi) is 3.71. The molecule has 0 aromatic heterocycles. The number of amides is 1. The molecule has 2 atom stereocenters.